The maximum atomic E-state index is 10.5. The molecule has 3 N–H and O–H groups in total. The Morgan fingerprint density at radius 1 is 1.24 bits per heavy atom. The van der Waals surface area contributed by atoms with E-state index >= 15 is 0 Å². The Bertz CT molecular complexity index is 804. The van der Waals surface area contributed by atoms with Gasteiger partial charge in [-0.05, 0) is 50.5 Å². The molecule has 6 heteroatoms. The molecular formula is C23H34N4OS. The lowest BCUT2D eigenvalue weighted by Crippen LogP contribution is -2.44. The maximum absolute atomic E-state index is 10.5. The molecule has 2 aromatic rings. The number of benzene rings is 1. The van der Waals surface area contributed by atoms with Crippen LogP contribution in [0.5, 0.6) is 0 Å². The summed E-state index contributed by atoms with van der Waals surface area (Å²) >= 11 is 1.84. The van der Waals surface area contributed by atoms with Crippen molar-refractivity contribution in [3.05, 3.63) is 57.3 Å². The number of aliphatic hydroxyl groups excluding tert-OH is 1. The lowest BCUT2D eigenvalue weighted by atomic mass is 10.00. The summed E-state index contributed by atoms with van der Waals surface area (Å²) in [5.74, 6) is 0.774. The van der Waals surface area contributed by atoms with Crippen molar-refractivity contribution in [1.82, 2.24) is 15.5 Å². The summed E-state index contributed by atoms with van der Waals surface area (Å²) in [6.45, 7) is 10.1. The molecule has 0 bridgehead atoms. The average molecular weight is 415 g/mol. The van der Waals surface area contributed by atoms with Crippen molar-refractivity contribution >= 4 is 17.3 Å². The highest BCUT2D eigenvalue weighted by molar-refractivity contribution is 7.11. The summed E-state index contributed by atoms with van der Waals surface area (Å²) in [6, 6.07) is 13.2. The minimum absolute atomic E-state index is 0.279. The Morgan fingerprint density at radius 3 is 2.76 bits per heavy atom. The molecule has 0 aliphatic carbocycles. The first-order chi connectivity index (χ1) is 14.0. The summed E-state index contributed by atoms with van der Waals surface area (Å²) in [5, 5.41) is 17.3. The minimum atomic E-state index is -0.467. The van der Waals surface area contributed by atoms with Crippen LogP contribution < -0.4 is 10.6 Å². The molecule has 0 radical (unpaired) electrons. The molecule has 1 aliphatic heterocycles. The number of aryl methyl sites for hydroxylation is 1. The van der Waals surface area contributed by atoms with Gasteiger partial charge in [-0.25, -0.2) is 0 Å². The van der Waals surface area contributed by atoms with Gasteiger partial charge in [-0.3, -0.25) is 9.89 Å². The summed E-state index contributed by atoms with van der Waals surface area (Å²) in [4.78, 5) is 9.68. The molecule has 5 nitrogen and oxygen atoms in total. The van der Waals surface area contributed by atoms with E-state index in [1.165, 1.54) is 20.9 Å². The molecule has 1 aliphatic rings. The Labute approximate surface area is 178 Å². The van der Waals surface area contributed by atoms with Gasteiger partial charge in [0.15, 0.2) is 5.96 Å². The minimum Gasteiger partial charge on any atom is -0.390 e. The zero-order valence-electron chi connectivity index (χ0n) is 17.8. The highest BCUT2D eigenvalue weighted by Gasteiger charge is 2.18. The first kappa shape index (κ1) is 21.8. The lowest BCUT2D eigenvalue weighted by molar-refractivity contribution is 0.111. The number of nitrogens with one attached hydrogen (secondary N) is 2. The van der Waals surface area contributed by atoms with Crippen molar-refractivity contribution in [2.45, 2.75) is 52.3 Å². The van der Waals surface area contributed by atoms with Gasteiger partial charge in [-0.15, -0.1) is 11.3 Å². The molecule has 1 aromatic carbocycles. The lowest BCUT2D eigenvalue weighted by Gasteiger charge is -2.30. The van der Waals surface area contributed by atoms with E-state index in [2.05, 4.69) is 77.7 Å². The van der Waals surface area contributed by atoms with Crippen LogP contribution in [0.25, 0.3) is 0 Å². The number of guanidine groups is 1. The van der Waals surface area contributed by atoms with Gasteiger partial charge in [0.25, 0.3) is 0 Å². The maximum Gasteiger partial charge on any atom is 0.191 e. The van der Waals surface area contributed by atoms with Crippen LogP contribution in [-0.2, 0) is 19.4 Å². The van der Waals surface area contributed by atoms with Gasteiger partial charge in [0, 0.05) is 48.4 Å². The van der Waals surface area contributed by atoms with Gasteiger partial charge < -0.3 is 15.7 Å². The normalized spacial score (nSPS) is 16.9. The van der Waals surface area contributed by atoms with Crippen molar-refractivity contribution < 1.29 is 5.11 Å². The van der Waals surface area contributed by atoms with Gasteiger partial charge in [0.2, 0.25) is 0 Å². The van der Waals surface area contributed by atoms with Crippen LogP contribution in [0.4, 0.5) is 0 Å². The van der Waals surface area contributed by atoms with E-state index in [0.29, 0.717) is 13.1 Å². The molecule has 0 spiro atoms. The van der Waals surface area contributed by atoms with Crippen molar-refractivity contribution in [2.75, 3.05) is 26.2 Å². The molecule has 0 saturated heterocycles. The number of hydrogen-bond acceptors (Lipinski definition) is 4. The smallest absolute Gasteiger partial charge is 0.191 e. The fourth-order valence-corrected chi connectivity index (χ4v) is 4.78. The van der Waals surface area contributed by atoms with Crippen LogP contribution >= 0.6 is 11.3 Å². The molecule has 0 fully saturated rings. The van der Waals surface area contributed by atoms with Crippen LogP contribution in [-0.4, -0.2) is 54.3 Å². The molecule has 0 amide bonds. The second-order valence-corrected chi connectivity index (χ2v) is 9.26. The SMILES string of the molecule is CCNC(=NCC(O)CN1CCc2ccccc2C1)NC(C)Cc1ccc(C)s1. The second-order valence-electron chi connectivity index (χ2n) is 7.89. The van der Waals surface area contributed by atoms with Crippen molar-refractivity contribution in [3.8, 4) is 0 Å². The van der Waals surface area contributed by atoms with Crippen LogP contribution in [0, 0.1) is 6.92 Å². The summed E-state index contributed by atoms with van der Waals surface area (Å²) in [6.07, 6.45) is 1.56. The molecule has 0 saturated carbocycles. The zero-order chi connectivity index (χ0) is 20.6. The molecule has 158 valence electrons. The highest BCUT2D eigenvalue weighted by atomic mass is 32.1. The van der Waals surface area contributed by atoms with Crippen molar-refractivity contribution in [2.24, 2.45) is 4.99 Å². The monoisotopic (exact) mass is 414 g/mol. The second kappa shape index (κ2) is 10.8. The van der Waals surface area contributed by atoms with E-state index in [1.807, 2.05) is 11.3 Å². The number of β-amino-alcohol motifs (C(OH)–C–C–N with tert-alkyl or cyclic N) is 1. The first-order valence-electron chi connectivity index (χ1n) is 10.6. The van der Waals surface area contributed by atoms with E-state index in [4.69, 9.17) is 0 Å². The Morgan fingerprint density at radius 2 is 2.03 bits per heavy atom. The van der Waals surface area contributed by atoms with Crippen molar-refractivity contribution in [3.63, 3.8) is 0 Å². The predicted molar refractivity (Wildman–Crippen MR) is 123 cm³/mol. The first-order valence-corrected chi connectivity index (χ1v) is 11.4. The summed E-state index contributed by atoms with van der Waals surface area (Å²) < 4.78 is 0. The number of aliphatic imine (C=N–C) groups is 1. The highest BCUT2D eigenvalue weighted by Crippen LogP contribution is 2.18. The summed E-state index contributed by atoms with van der Waals surface area (Å²) in [5.41, 5.74) is 2.81. The summed E-state index contributed by atoms with van der Waals surface area (Å²) in [7, 11) is 0. The van der Waals surface area contributed by atoms with E-state index in [1.54, 1.807) is 0 Å². The molecule has 2 heterocycles. The fourth-order valence-electron chi connectivity index (χ4n) is 3.76. The molecule has 2 unspecified atom stereocenters. The van der Waals surface area contributed by atoms with Crippen LogP contribution in [0.1, 0.15) is 34.7 Å². The number of aliphatic hydroxyl groups is 1. The van der Waals surface area contributed by atoms with Crippen LogP contribution in [0.15, 0.2) is 41.4 Å². The zero-order valence-corrected chi connectivity index (χ0v) is 18.6. The number of nitrogens with zero attached hydrogens (tertiary/aromatic N) is 2. The molecule has 29 heavy (non-hydrogen) atoms. The van der Waals surface area contributed by atoms with Crippen molar-refractivity contribution in [1.29, 1.82) is 0 Å². The van der Waals surface area contributed by atoms with Gasteiger partial charge in [0.1, 0.15) is 0 Å². The standard InChI is InChI=1S/C23H34N4OS/c1-4-24-23(26-17(2)13-22-10-9-18(3)29-22)25-14-21(28)16-27-12-11-19-7-5-6-8-20(19)15-27/h5-10,17,21,28H,4,11-16H2,1-3H3,(H2,24,25,26). The number of rotatable bonds is 8. The molecular weight excluding hydrogens is 380 g/mol. The van der Waals surface area contributed by atoms with E-state index in [0.717, 1.165) is 38.4 Å². The largest absolute Gasteiger partial charge is 0.390 e. The van der Waals surface area contributed by atoms with E-state index < -0.39 is 6.10 Å². The van der Waals surface area contributed by atoms with Crippen LogP contribution in [0.2, 0.25) is 0 Å². The van der Waals surface area contributed by atoms with Gasteiger partial charge in [-0.2, -0.15) is 0 Å². The Hall–Kier alpha value is -1.89. The van der Waals surface area contributed by atoms with Gasteiger partial charge >= 0.3 is 0 Å². The van der Waals surface area contributed by atoms with Crippen LogP contribution in [0.3, 0.4) is 0 Å². The third-order valence-corrected chi connectivity index (χ3v) is 6.19. The van der Waals surface area contributed by atoms with E-state index in [-0.39, 0.29) is 6.04 Å². The topological polar surface area (TPSA) is 59.9 Å². The third-order valence-electron chi connectivity index (χ3n) is 5.17. The van der Waals surface area contributed by atoms with Gasteiger partial charge in [0.05, 0.1) is 12.6 Å². The average Bonchev–Trinajstić information content (AvgIpc) is 3.10. The Balaban J connectivity index is 1.48. The molecule has 2 atom stereocenters. The quantitative estimate of drug-likeness (QED) is 0.459. The number of hydrogen-bond donors (Lipinski definition) is 3. The van der Waals surface area contributed by atoms with E-state index in [9.17, 15) is 5.11 Å². The third kappa shape index (κ3) is 6.84. The Kier molecular flexibility index (Phi) is 8.09. The predicted octanol–water partition coefficient (Wildman–Crippen LogP) is 2.96. The number of thiophene rings is 1. The van der Waals surface area contributed by atoms with Gasteiger partial charge in [-0.1, -0.05) is 24.3 Å². The number of fused-ring (bicyclic) bond motifs is 1. The molecule has 1 aromatic heterocycles. The fraction of sp³-hybridized carbons (Fsp3) is 0.522. The molecule has 3 rings (SSSR count).